The highest BCUT2D eigenvalue weighted by molar-refractivity contribution is 9.10. The molecule has 0 spiro atoms. The standard InChI is InChI=1S/C14H11BrClNO2/c1-19-14(18)9-6-7-11(16)13(8-9)17-12-5-3-2-4-10(12)15/h2-8,17H,1H3. The van der Waals surface area contributed by atoms with E-state index >= 15 is 0 Å². The van der Waals surface area contributed by atoms with Crippen LogP contribution in [0, 0.1) is 0 Å². The zero-order valence-corrected chi connectivity index (χ0v) is 12.5. The molecule has 0 heterocycles. The fourth-order valence-corrected chi connectivity index (χ4v) is 2.12. The molecule has 0 aliphatic rings. The Morgan fingerprint density at radius 2 is 1.95 bits per heavy atom. The van der Waals surface area contributed by atoms with E-state index in [0.29, 0.717) is 16.3 Å². The van der Waals surface area contributed by atoms with Crippen molar-refractivity contribution in [2.45, 2.75) is 0 Å². The van der Waals surface area contributed by atoms with E-state index in [-0.39, 0.29) is 0 Å². The third kappa shape index (κ3) is 3.28. The minimum Gasteiger partial charge on any atom is -0.465 e. The van der Waals surface area contributed by atoms with Gasteiger partial charge in [-0.2, -0.15) is 0 Å². The molecule has 0 atom stereocenters. The van der Waals surface area contributed by atoms with Crippen LogP contribution in [0.4, 0.5) is 11.4 Å². The number of carbonyl (C=O) groups excluding carboxylic acids is 1. The highest BCUT2D eigenvalue weighted by Crippen LogP contribution is 2.30. The van der Waals surface area contributed by atoms with Gasteiger partial charge in [-0.25, -0.2) is 4.79 Å². The number of benzene rings is 2. The molecule has 0 saturated carbocycles. The number of para-hydroxylation sites is 1. The summed E-state index contributed by atoms with van der Waals surface area (Å²) in [4.78, 5) is 11.5. The number of carbonyl (C=O) groups is 1. The highest BCUT2D eigenvalue weighted by Gasteiger charge is 2.09. The molecule has 98 valence electrons. The molecular weight excluding hydrogens is 330 g/mol. The maximum Gasteiger partial charge on any atom is 0.337 e. The summed E-state index contributed by atoms with van der Waals surface area (Å²) in [6.45, 7) is 0. The summed E-state index contributed by atoms with van der Waals surface area (Å²) < 4.78 is 5.60. The van der Waals surface area contributed by atoms with Gasteiger partial charge >= 0.3 is 5.97 Å². The van der Waals surface area contributed by atoms with Crippen LogP contribution < -0.4 is 5.32 Å². The number of hydrogen-bond donors (Lipinski definition) is 1. The van der Waals surface area contributed by atoms with Crippen LogP contribution in [0.5, 0.6) is 0 Å². The van der Waals surface area contributed by atoms with Gasteiger partial charge in [0.25, 0.3) is 0 Å². The van der Waals surface area contributed by atoms with Crippen molar-refractivity contribution in [3.05, 3.63) is 57.5 Å². The second-order valence-corrected chi connectivity index (χ2v) is 5.05. The van der Waals surface area contributed by atoms with Crippen LogP contribution >= 0.6 is 27.5 Å². The summed E-state index contributed by atoms with van der Waals surface area (Å²) in [6.07, 6.45) is 0. The molecular formula is C14H11BrClNO2. The van der Waals surface area contributed by atoms with Crippen molar-refractivity contribution in [1.29, 1.82) is 0 Å². The van der Waals surface area contributed by atoms with E-state index in [4.69, 9.17) is 11.6 Å². The lowest BCUT2D eigenvalue weighted by Crippen LogP contribution is -2.02. The molecule has 0 unspecified atom stereocenters. The predicted octanol–water partition coefficient (Wildman–Crippen LogP) is 4.63. The number of anilines is 2. The summed E-state index contributed by atoms with van der Waals surface area (Å²) in [7, 11) is 1.35. The van der Waals surface area contributed by atoms with E-state index < -0.39 is 5.97 Å². The van der Waals surface area contributed by atoms with Gasteiger partial charge in [0, 0.05) is 4.47 Å². The average Bonchev–Trinajstić information content (AvgIpc) is 2.42. The van der Waals surface area contributed by atoms with E-state index in [1.54, 1.807) is 18.2 Å². The molecule has 1 N–H and O–H groups in total. The molecule has 0 aliphatic heterocycles. The molecule has 2 aromatic carbocycles. The third-order valence-corrected chi connectivity index (χ3v) is 3.55. The molecule has 3 nitrogen and oxygen atoms in total. The van der Waals surface area contributed by atoms with Gasteiger partial charge in [-0.15, -0.1) is 0 Å². The van der Waals surface area contributed by atoms with Gasteiger partial charge < -0.3 is 10.1 Å². The topological polar surface area (TPSA) is 38.3 Å². The van der Waals surface area contributed by atoms with E-state index in [1.165, 1.54) is 7.11 Å². The normalized spacial score (nSPS) is 10.1. The van der Waals surface area contributed by atoms with Crippen molar-refractivity contribution >= 4 is 44.9 Å². The van der Waals surface area contributed by atoms with Crippen LogP contribution in [-0.4, -0.2) is 13.1 Å². The predicted molar refractivity (Wildman–Crippen MR) is 80.2 cm³/mol. The third-order valence-electron chi connectivity index (χ3n) is 2.53. The van der Waals surface area contributed by atoms with Crippen molar-refractivity contribution in [2.24, 2.45) is 0 Å². The Morgan fingerprint density at radius 3 is 2.63 bits per heavy atom. The van der Waals surface area contributed by atoms with Crippen LogP contribution in [-0.2, 0) is 4.74 Å². The lowest BCUT2D eigenvalue weighted by atomic mass is 10.2. The molecule has 5 heteroatoms. The number of halogens is 2. The minimum atomic E-state index is -0.396. The van der Waals surface area contributed by atoms with Gasteiger partial charge in [0.15, 0.2) is 0 Å². The summed E-state index contributed by atoms with van der Waals surface area (Å²) in [5.41, 5.74) is 1.96. The number of ether oxygens (including phenoxy) is 1. The van der Waals surface area contributed by atoms with Crippen molar-refractivity contribution in [3.8, 4) is 0 Å². The van der Waals surface area contributed by atoms with Gasteiger partial charge in [-0.3, -0.25) is 0 Å². The number of hydrogen-bond acceptors (Lipinski definition) is 3. The second kappa shape index (κ2) is 6.08. The smallest absolute Gasteiger partial charge is 0.337 e. The van der Waals surface area contributed by atoms with Crippen LogP contribution in [0.2, 0.25) is 5.02 Å². The number of methoxy groups -OCH3 is 1. The number of rotatable bonds is 3. The summed E-state index contributed by atoms with van der Waals surface area (Å²) >= 11 is 9.56. The summed E-state index contributed by atoms with van der Waals surface area (Å²) in [5.74, 6) is -0.396. The highest BCUT2D eigenvalue weighted by atomic mass is 79.9. The molecule has 0 fully saturated rings. The van der Waals surface area contributed by atoms with E-state index in [9.17, 15) is 4.79 Å². The van der Waals surface area contributed by atoms with E-state index in [2.05, 4.69) is 26.0 Å². The minimum absolute atomic E-state index is 0.396. The lowest BCUT2D eigenvalue weighted by Gasteiger charge is -2.11. The Kier molecular flexibility index (Phi) is 4.45. The van der Waals surface area contributed by atoms with Crippen LogP contribution in [0.3, 0.4) is 0 Å². The molecule has 0 bridgehead atoms. The Bertz CT molecular complexity index is 616. The fourth-order valence-electron chi connectivity index (χ4n) is 1.57. The molecule has 0 amide bonds. The maximum absolute atomic E-state index is 11.5. The maximum atomic E-state index is 11.5. The molecule has 0 aromatic heterocycles. The Labute approximate surface area is 124 Å². The molecule has 0 radical (unpaired) electrons. The first kappa shape index (κ1) is 13.9. The Balaban J connectivity index is 2.34. The van der Waals surface area contributed by atoms with Crippen molar-refractivity contribution in [1.82, 2.24) is 0 Å². The first-order chi connectivity index (χ1) is 9.11. The zero-order chi connectivity index (χ0) is 13.8. The fraction of sp³-hybridized carbons (Fsp3) is 0.0714. The average molecular weight is 341 g/mol. The van der Waals surface area contributed by atoms with Gasteiger partial charge in [0.1, 0.15) is 0 Å². The molecule has 2 aromatic rings. The molecule has 0 saturated heterocycles. The van der Waals surface area contributed by atoms with E-state index in [1.807, 2.05) is 24.3 Å². The second-order valence-electron chi connectivity index (χ2n) is 3.79. The van der Waals surface area contributed by atoms with E-state index in [0.717, 1.165) is 10.2 Å². The number of esters is 1. The number of nitrogens with one attached hydrogen (secondary N) is 1. The lowest BCUT2D eigenvalue weighted by molar-refractivity contribution is 0.0601. The first-order valence-corrected chi connectivity index (χ1v) is 6.68. The van der Waals surface area contributed by atoms with Gasteiger partial charge in [0.2, 0.25) is 0 Å². The van der Waals surface area contributed by atoms with Crippen LogP contribution in [0.1, 0.15) is 10.4 Å². The van der Waals surface area contributed by atoms with Gasteiger partial charge in [-0.1, -0.05) is 23.7 Å². The SMILES string of the molecule is COC(=O)c1ccc(Cl)c(Nc2ccccc2Br)c1. The zero-order valence-electron chi connectivity index (χ0n) is 10.1. The summed E-state index contributed by atoms with van der Waals surface area (Å²) in [6, 6.07) is 12.6. The van der Waals surface area contributed by atoms with Crippen molar-refractivity contribution in [2.75, 3.05) is 12.4 Å². The Morgan fingerprint density at radius 1 is 1.21 bits per heavy atom. The molecule has 0 aliphatic carbocycles. The van der Waals surface area contributed by atoms with Gasteiger partial charge in [0.05, 0.1) is 29.1 Å². The Hall–Kier alpha value is -1.52. The van der Waals surface area contributed by atoms with Crippen molar-refractivity contribution in [3.63, 3.8) is 0 Å². The van der Waals surface area contributed by atoms with Crippen LogP contribution in [0.25, 0.3) is 0 Å². The monoisotopic (exact) mass is 339 g/mol. The summed E-state index contributed by atoms with van der Waals surface area (Å²) in [5, 5.41) is 3.70. The van der Waals surface area contributed by atoms with Crippen molar-refractivity contribution < 1.29 is 9.53 Å². The first-order valence-electron chi connectivity index (χ1n) is 5.51. The molecule has 19 heavy (non-hydrogen) atoms. The quantitative estimate of drug-likeness (QED) is 0.828. The largest absolute Gasteiger partial charge is 0.465 e. The van der Waals surface area contributed by atoms with Crippen LogP contribution in [0.15, 0.2) is 46.9 Å². The molecule has 2 rings (SSSR count). The van der Waals surface area contributed by atoms with Gasteiger partial charge in [-0.05, 0) is 46.3 Å².